The summed E-state index contributed by atoms with van der Waals surface area (Å²) in [5, 5.41) is 1.13. The highest BCUT2D eigenvalue weighted by molar-refractivity contribution is 6.33. The molecule has 96 valence electrons. The molecule has 0 aliphatic rings. The molecule has 0 aliphatic heterocycles. The minimum absolute atomic E-state index is 0.148. The maximum atomic E-state index is 14.1. The Morgan fingerprint density at radius 3 is 2.47 bits per heavy atom. The third-order valence-electron chi connectivity index (χ3n) is 3.02. The van der Waals surface area contributed by atoms with E-state index in [0.29, 0.717) is 16.6 Å². The van der Waals surface area contributed by atoms with Crippen molar-refractivity contribution in [2.75, 3.05) is 6.54 Å². The van der Waals surface area contributed by atoms with Crippen LogP contribution in [-0.4, -0.2) is 12.7 Å². The van der Waals surface area contributed by atoms with Gasteiger partial charge in [0, 0.05) is 22.4 Å². The Kier molecular flexibility index (Phi) is 5.71. The van der Waals surface area contributed by atoms with E-state index in [2.05, 4.69) is 0 Å². The molecule has 4 heteroatoms. The van der Waals surface area contributed by atoms with Gasteiger partial charge in [-0.1, -0.05) is 37.0 Å². The van der Waals surface area contributed by atoms with Gasteiger partial charge in [-0.3, -0.25) is 0 Å². The van der Waals surface area contributed by atoms with E-state index in [1.165, 1.54) is 0 Å². The quantitative estimate of drug-likeness (QED) is 0.862. The van der Waals surface area contributed by atoms with Gasteiger partial charge in [0.1, 0.15) is 6.17 Å². The zero-order valence-electron chi connectivity index (χ0n) is 10.1. The van der Waals surface area contributed by atoms with Gasteiger partial charge in [-0.15, -0.1) is 0 Å². The molecular weight excluding hydrogens is 260 g/mol. The fourth-order valence-electron chi connectivity index (χ4n) is 1.90. The predicted octanol–water partition coefficient (Wildman–Crippen LogP) is 4.10. The molecule has 0 bridgehead atoms. The van der Waals surface area contributed by atoms with Crippen molar-refractivity contribution in [1.29, 1.82) is 0 Å². The molecule has 1 nitrogen and oxygen atoms in total. The van der Waals surface area contributed by atoms with Crippen LogP contribution in [0.3, 0.4) is 0 Å². The first-order valence-corrected chi connectivity index (χ1v) is 6.49. The van der Waals surface area contributed by atoms with Crippen LogP contribution in [0.15, 0.2) is 18.2 Å². The number of alkyl halides is 1. The van der Waals surface area contributed by atoms with Crippen LogP contribution in [0.4, 0.5) is 4.39 Å². The topological polar surface area (TPSA) is 26.0 Å². The van der Waals surface area contributed by atoms with Crippen molar-refractivity contribution in [2.24, 2.45) is 17.6 Å². The van der Waals surface area contributed by atoms with Crippen molar-refractivity contribution in [3.8, 4) is 0 Å². The third kappa shape index (κ3) is 4.13. The van der Waals surface area contributed by atoms with Gasteiger partial charge in [-0.2, -0.15) is 0 Å². The van der Waals surface area contributed by atoms with Gasteiger partial charge in [0.25, 0.3) is 0 Å². The predicted molar refractivity (Wildman–Crippen MR) is 72.4 cm³/mol. The minimum Gasteiger partial charge on any atom is -0.330 e. The van der Waals surface area contributed by atoms with Crippen LogP contribution >= 0.6 is 23.2 Å². The second-order valence-electron chi connectivity index (χ2n) is 4.60. The smallest absolute Gasteiger partial charge is 0.108 e. The molecule has 2 atom stereocenters. The summed E-state index contributed by atoms with van der Waals surface area (Å²) in [6.07, 6.45) is -0.727. The Morgan fingerprint density at radius 2 is 1.94 bits per heavy atom. The summed E-state index contributed by atoms with van der Waals surface area (Å²) in [5.74, 6) is 0.0676. The highest BCUT2D eigenvalue weighted by atomic mass is 35.5. The average Bonchev–Trinajstić information content (AvgIpc) is 2.24. The van der Waals surface area contributed by atoms with E-state index in [-0.39, 0.29) is 18.3 Å². The summed E-state index contributed by atoms with van der Waals surface area (Å²) in [6, 6.07) is 5.10. The zero-order valence-corrected chi connectivity index (χ0v) is 11.6. The fraction of sp³-hybridized carbons (Fsp3) is 0.538. The molecule has 0 aliphatic carbocycles. The number of halogens is 3. The first-order valence-electron chi connectivity index (χ1n) is 5.73. The van der Waals surface area contributed by atoms with E-state index in [4.69, 9.17) is 28.9 Å². The second-order valence-corrected chi connectivity index (χ2v) is 5.44. The highest BCUT2D eigenvalue weighted by Gasteiger charge is 2.23. The third-order valence-corrected chi connectivity index (χ3v) is 3.62. The van der Waals surface area contributed by atoms with Gasteiger partial charge >= 0.3 is 0 Å². The standard InChI is InChI=1S/C13H18Cl2FN/c1-8(2)11(7-17)13(16)6-9-5-10(14)3-4-12(9)15/h3-5,8,11,13H,6-7,17H2,1-2H3. The molecule has 1 aromatic carbocycles. The summed E-state index contributed by atoms with van der Waals surface area (Å²) in [7, 11) is 0. The lowest BCUT2D eigenvalue weighted by atomic mass is 9.88. The largest absolute Gasteiger partial charge is 0.330 e. The summed E-state index contributed by atoms with van der Waals surface area (Å²) >= 11 is 11.9. The molecule has 0 amide bonds. The van der Waals surface area contributed by atoms with Crippen LogP contribution in [0, 0.1) is 11.8 Å². The number of benzene rings is 1. The van der Waals surface area contributed by atoms with E-state index in [1.54, 1.807) is 18.2 Å². The lowest BCUT2D eigenvalue weighted by Gasteiger charge is -2.23. The zero-order chi connectivity index (χ0) is 13.0. The van der Waals surface area contributed by atoms with Gasteiger partial charge in [0.15, 0.2) is 0 Å². The molecule has 0 radical (unpaired) electrons. The monoisotopic (exact) mass is 277 g/mol. The lowest BCUT2D eigenvalue weighted by molar-refractivity contribution is 0.185. The van der Waals surface area contributed by atoms with Gasteiger partial charge in [0.05, 0.1) is 0 Å². The summed E-state index contributed by atoms with van der Waals surface area (Å²) in [6.45, 7) is 4.30. The van der Waals surface area contributed by atoms with Gasteiger partial charge in [-0.05, 0) is 36.2 Å². The van der Waals surface area contributed by atoms with Crippen LogP contribution < -0.4 is 5.73 Å². The van der Waals surface area contributed by atoms with E-state index < -0.39 is 6.17 Å². The summed E-state index contributed by atoms with van der Waals surface area (Å²) < 4.78 is 14.1. The maximum Gasteiger partial charge on any atom is 0.108 e. The molecule has 0 fully saturated rings. The first-order chi connectivity index (χ1) is 7.95. The van der Waals surface area contributed by atoms with Crippen LogP contribution in [0.5, 0.6) is 0 Å². The first kappa shape index (κ1) is 14.7. The van der Waals surface area contributed by atoms with Crippen molar-refractivity contribution in [2.45, 2.75) is 26.4 Å². The summed E-state index contributed by atoms with van der Waals surface area (Å²) in [4.78, 5) is 0. The Morgan fingerprint density at radius 1 is 1.29 bits per heavy atom. The second kappa shape index (κ2) is 6.58. The molecule has 2 N–H and O–H groups in total. The number of nitrogens with two attached hydrogens (primary N) is 1. The minimum atomic E-state index is -0.990. The number of hydrogen-bond acceptors (Lipinski definition) is 1. The van der Waals surface area contributed by atoms with Crippen molar-refractivity contribution in [1.82, 2.24) is 0 Å². The molecule has 0 heterocycles. The van der Waals surface area contributed by atoms with Crippen LogP contribution in [-0.2, 0) is 6.42 Å². The van der Waals surface area contributed by atoms with Crippen molar-refractivity contribution >= 4 is 23.2 Å². The number of hydrogen-bond donors (Lipinski definition) is 1. The Labute approximate surface area is 112 Å². The summed E-state index contributed by atoms with van der Waals surface area (Å²) in [5.41, 5.74) is 6.34. The molecule has 0 aromatic heterocycles. The van der Waals surface area contributed by atoms with Gasteiger partial charge in [-0.25, -0.2) is 4.39 Å². The molecule has 0 spiro atoms. The van der Waals surface area contributed by atoms with Crippen LogP contribution in [0.1, 0.15) is 19.4 Å². The molecule has 2 unspecified atom stereocenters. The Bertz CT molecular complexity index is 368. The van der Waals surface area contributed by atoms with Crippen LogP contribution in [0.2, 0.25) is 10.0 Å². The fourth-order valence-corrected chi connectivity index (χ4v) is 2.29. The van der Waals surface area contributed by atoms with Crippen molar-refractivity contribution < 1.29 is 4.39 Å². The molecule has 1 aromatic rings. The Hall–Kier alpha value is -0.310. The molecule has 0 saturated heterocycles. The normalized spacial score (nSPS) is 15.0. The van der Waals surface area contributed by atoms with E-state index in [1.807, 2.05) is 13.8 Å². The molecule has 17 heavy (non-hydrogen) atoms. The lowest BCUT2D eigenvalue weighted by Crippen LogP contribution is -2.30. The van der Waals surface area contributed by atoms with Crippen LogP contribution in [0.25, 0.3) is 0 Å². The van der Waals surface area contributed by atoms with Gasteiger partial charge < -0.3 is 5.73 Å². The highest BCUT2D eigenvalue weighted by Crippen LogP contribution is 2.26. The van der Waals surface area contributed by atoms with Gasteiger partial charge in [0.2, 0.25) is 0 Å². The Balaban J connectivity index is 2.79. The van der Waals surface area contributed by atoms with E-state index in [0.717, 1.165) is 5.56 Å². The average molecular weight is 278 g/mol. The molecule has 1 rings (SSSR count). The maximum absolute atomic E-state index is 14.1. The van der Waals surface area contributed by atoms with E-state index in [9.17, 15) is 4.39 Å². The SMILES string of the molecule is CC(C)C(CN)C(F)Cc1cc(Cl)ccc1Cl. The molecular formula is C13H18Cl2FN. The molecule has 0 saturated carbocycles. The van der Waals surface area contributed by atoms with Crippen molar-refractivity contribution in [3.63, 3.8) is 0 Å². The van der Waals surface area contributed by atoms with E-state index >= 15 is 0 Å². The van der Waals surface area contributed by atoms with Crippen molar-refractivity contribution in [3.05, 3.63) is 33.8 Å². The number of rotatable bonds is 5.